The van der Waals surface area contributed by atoms with Gasteiger partial charge < -0.3 is 10.3 Å². The van der Waals surface area contributed by atoms with Crippen LogP contribution in [0.25, 0.3) is 10.2 Å². The predicted octanol–water partition coefficient (Wildman–Crippen LogP) is 3.98. The van der Waals surface area contributed by atoms with Gasteiger partial charge in [0, 0.05) is 10.2 Å². The molecule has 1 aromatic carbocycles. The van der Waals surface area contributed by atoms with Crippen LogP contribution in [-0.2, 0) is 6.54 Å². The van der Waals surface area contributed by atoms with Gasteiger partial charge in [0.2, 0.25) is 0 Å². The number of thiophene rings is 1. The molecule has 0 radical (unpaired) electrons. The monoisotopic (exact) mass is 363 g/mol. The van der Waals surface area contributed by atoms with E-state index in [1.54, 1.807) is 0 Å². The molecule has 0 saturated heterocycles. The van der Waals surface area contributed by atoms with Gasteiger partial charge in [-0.15, -0.1) is 11.3 Å². The largest absolute Gasteiger partial charge is 0.378 e. The maximum atomic E-state index is 11.9. The zero-order chi connectivity index (χ0) is 15.0. The van der Waals surface area contributed by atoms with Crippen molar-refractivity contribution in [3.63, 3.8) is 0 Å². The molecular weight excluding hydrogens is 350 g/mol. The van der Waals surface area contributed by atoms with Crippen molar-refractivity contribution < 1.29 is 0 Å². The van der Waals surface area contributed by atoms with Crippen molar-refractivity contribution in [2.24, 2.45) is 0 Å². The summed E-state index contributed by atoms with van der Waals surface area (Å²) in [7, 11) is 0. The summed E-state index contributed by atoms with van der Waals surface area (Å²) in [5.41, 5.74) is 4.04. The molecule has 0 unspecified atom stereocenters. The Morgan fingerprint density at radius 1 is 1.33 bits per heavy atom. The summed E-state index contributed by atoms with van der Waals surface area (Å²) in [4.78, 5) is 19.2. The highest BCUT2D eigenvalue weighted by Gasteiger charge is 2.06. The first-order valence-electron chi connectivity index (χ1n) is 6.51. The molecule has 3 rings (SSSR count). The van der Waals surface area contributed by atoms with Crippen LogP contribution in [0.5, 0.6) is 0 Å². The third kappa shape index (κ3) is 2.87. The van der Waals surface area contributed by atoms with Crippen LogP contribution in [0.15, 0.2) is 32.8 Å². The second-order valence-electron chi connectivity index (χ2n) is 4.93. The zero-order valence-corrected chi connectivity index (χ0v) is 14.1. The highest BCUT2D eigenvalue weighted by Crippen LogP contribution is 2.25. The molecule has 2 aromatic heterocycles. The quantitative estimate of drug-likeness (QED) is 0.739. The number of anilines is 1. The molecule has 0 amide bonds. The standard InChI is InChI=1S/C15H14BrN3OS/c1-8-5-10(6-9(2)13(8)16)17-7-12-18-11-3-4-21-14(11)15(20)19-12/h3-6,17H,7H2,1-2H3,(H,18,19,20). The first kappa shape index (κ1) is 14.3. The van der Waals surface area contributed by atoms with Crippen LogP contribution in [0.1, 0.15) is 17.0 Å². The smallest absolute Gasteiger partial charge is 0.268 e. The Hall–Kier alpha value is -1.66. The van der Waals surface area contributed by atoms with E-state index in [4.69, 9.17) is 0 Å². The van der Waals surface area contributed by atoms with Gasteiger partial charge in [-0.2, -0.15) is 0 Å². The van der Waals surface area contributed by atoms with Crippen LogP contribution in [0.2, 0.25) is 0 Å². The lowest BCUT2D eigenvalue weighted by molar-refractivity contribution is 0.955. The van der Waals surface area contributed by atoms with E-state index in [2.05, 4.69) is 57.2 Å². The number of nitrogens with zero attached hydrogens (tertiary/aromatic N) is 1. The first-order valence-corrected chi connectivity index (χ1v) is 8.19. The van der Waals surface area contributed by atoms with Crippen molar-refractivity contribution >= 4 is 43.2 Å². The van der Waals surface area contributed by atoms with E-state index in [0.717, 1.165) is 15.7 Å². The molecular formula is C15H14BrN3OS. The predicted molar refractivity (Wildman–Crippen MR) is 91.2 cm³/mol. The van der Waals surface area contributed by atoms with Gasteiger partial charge in [0.25, 0.3) is 5.56 Å². The number of aromatic amines is 1. The summed E-state index contributed by atoms with van der Waals surface area (Å²) in [5, 5.41) is 5.18. The molecule has 0 aliphatic rings. The van der Waals surface area contributed by atoms with E-state index in [0.29, 0.717) is 17.1 Å². The Morgan fingerprint density at radius 3 is 2.76 bits per heavy atom. The summed E-state index contributed by atoms with van der Waals surface area (Å²) in [6, 6.07) is 6.00. The van der Waals surface area contributed by atoms with Crippen molar-refractivity contribution in [1.82, 2.24) is 9.97 Å². The number of benzene rings is 1. The molecule has 0 fully saturated rings. The Labute approximate surface area is 134 Å². The van der Waals surface area contributed by atoms with Crippen LogP contribution in [0.4, 0.5) is 5.69 Å². The Bertz CT molecular complexity index is 846. The molecule has 3 aromatic rings. The highest BCUT2D eigenvalue weighted by atomic mass is 79.9. The maximum absolute atomic E-state index is 11.9. The number of H-pyrrole nitrogens is 1. The SMILES string of the molecule is Cc1cc(NCc2nc3ccsc3c(=O)[nH]2)cc(C)c1Br. The van der Waals surface area contributed by atoms with E-state index < -0.39 is 0 Å². The van der Waals surface area contributed by atoms with E-state index in [1.807, 2.05) is 11.4 Å². The van der Waals surface area contributed by atoms with Crippen molar-refractivity contribution in [1.29, 1.82) is 0 Å². The van der Waals surface area contributed by atoms with Crippen LogP contribution in [0, 0.1) is 13.8 Å². The van der Waals surface area contributed by atoms with Crippen LogP contribution >= 0.6 is 27.3 Å². The zero-order valence-electron chi connectivity index (χ0n) is 11.7. The topological polar surface area (TPSA) is 57.8 Å². The molecule has 0 atom stereocenters. The van der Waals surface area contributed by atoms with Gasteiger partial charge in [0.1, 0.15) is 10.5 Å². The highest BCUT2D eigenvalue weighted by molar-refractivity contribution is 9.10. The van der Waals surface area contributed by atoms with Crippen LogP contribution < -0.4 is 10.9 Å². The van der Waals surface area contributed by atoms with E-state index in [-0.39, 0.29) is 5.56 Å². The van der Waals surface area contributed by atoms with Gasteiger partial charge in [-0.1, -0.05) is 15.9 Å². The molecule has 0 bridgehead atoms. The fraction of sp³-hybridized carbons (Fsp3) is 0.200. The molecule has 108 valence electrons. The van der Waals surface area contributed by atoms with E-state index in [1.165, 1.54) is 22.5 Å². The first-order chi connectivity index (χ1) is 10.0. The summed E-state index contributed by atoms with van der Waals surface area (Å²) in [6.45, 7) is 4.60. The fourth-order valence-electron chi connectivity index (χ4n) is 2.24. The Kier molecular flexibility index (Phi) is 3.82. The van der Waals surface area contributed by atoms with Crippen molar-refractivity contribution in [2.75, 3.05) is 5.32 Å². The number of nitrogens with one attached hydrogen (secondary N) is 2. The second kappa shape index (κ2) is 5.61. The average Bonchev–Trinajstić information content (AvgIpc) is 2.91. The molecule has 4 nitrogen and oxygen atoms in total. The summed E-state index contributed by atoms with van der Waals surface area (Å²) in [5.74, 6) is 0.643. The molecule has 0 spiro atoms. The van der Waals surface area contributed by atoms with Crippen LogP contribution in [-0.4, -0.2) is 9.97 Å². The minimum atomic E-state index is -0.0741. The number of fused-ring (bicyclic) bond motifs is 1. The average molecular weight is 364 g/mol. The fourth-order valence-corrected chi connectivity index (χ4v) is 3.19. The number of aryl methyl sites for hydroxylation is 2. The number of halogens is 1. The molecule has 2 heterocycles. The van der Waals surface area contributed by atoms with Gasteiger partial charge in [0.05, 0.1) is 12.1 Å². The van der Waals surface area contributed by atoms with Gasteiger partial charge in [-0.05, 0) is 48.6 Å². The Morgan fingerprint density at radius 2 is 2.05 bits per heavy atom. The summed E-state index contributed by atoms with van der Waals surface area (Å²) in [6.07, 6.45) is 0. The van der Waals surface area contributed by atoms with Crippen molar-refractivity contribution in [3.05, 3.63) is 55.4 Å². The van der Waals surface area contributed by atoms with Crippen molar-refractivity contribution in [2.45, 2.75) is 20.4 Å². The number of hydrogen-bond donors (Lipinski definition) is 2. The molecule has 21 heavy (non-hydrogen) atoms. The van der Waals surface area contributed by atoms with Gasteiger partial charge >= 0.3 is 0 Å². The van der Waals surface area contributed by atoms with Gasteiger partial charge in [-0.3, -0.25) is 4.79 Å². The lowest BCUT2D eigenvalue weighted by Crippen LogP contribution is -2.13. The maximum Gasteiger partial charge on any atom is 0.268 e. The molecule has 0 saturated carbocycles. The van der Waals surface area contributed by atoms with Crippen LogP contribution in [0.3, 0.4) is 0 Å². The molecule has 6 heteroatoms. The normalized spacial score (nSPS) is 11.0. The minimum absolute atomic E-state index is 0.0741. The molecule has 0 aliphatic carbocycles. The minimum Gasteiger partial charge on any atom is -0.378 e. The Balaban J connectivity index is 1.85. The molecule has 2 N–H and O–H groups in total. The van der Waals surface area contributed by atoms with E-state index >= 15 is 0 Å². The lowest BCUT2D eigenvalue weighted by atomic mass is 10.1. The summed E-state index contributed by atoms with van der Waals surface area (Å²) >= 11 is 4.97. The summed E-state index contributed by atoms with van der Waals surface area (Å²) < 4.78 is 1.80. The van der Waals surface area contributed by atoms with Gasteiger partial charge in [0.15, 0.2) is 0 Å². The number of aromatic nitrogens is 2. The lowest BCUT2D eigenvalue weighted by Gasteiger charge is -2.10. The second-order valence-corrected chi connectivity index (χ2v) is 6.63. The number of rotatable bonds is 3. The third-order valence-electron chi connectivity index (χ3n) is 3.26. The van der Waals surface area contributed by atoms with Crippen molar-refractivity contribution in [3.8, 4) is 0 Å². The third-order valence-corrected chi connectivity index (χ3v) is 5.41. The van der Waals surface area contributed by atoms with Gasteiger partial charge in [-0.25, -0.2) is 4.98 Å². The number of hydrogen-bond acceptors (Lipinski definition) is 4. The van der Waals surface area contributed by atoms with E-state index in [9.17, 15) is 4.79 Å². The molecule has 0 aliphatic heterocycles.